The van der Waals surface area contributed by atoms with Gasteiger partial charge in [0.1, 0.15) is 15.6 Å². The number of rotatable bonds is 7. The third kappa shape index (κ3) is 6.80. The fourth-order valence-electron chi connectivity index (χ4n) is 1.00. The highest BCUT2D eigenvalue weighted by Crippen LogP contribution is 2.00. The Morgan fingerprint density at radius 3 is 2.57 bits per heavy atom. The van der Waals surface area contributed by atoms with E-state index in [0.717, 1.165) is 6.26 Å². The van der Waals surface area contributed by atoms with Gasteiger partial charge in [0.25, 0.3) is 0 Å². The maximum Gasteiger partial charge on any atom is 0.149 e. The van der Waals surface area contributed by atoms with E-state index < -0.39 is 15.9 Å². The van der Waals surface area contributed by atoms with Gasteiger partial charge in [-0.25, -0.2) is 8.42 Å². The monoisotopic (exact) mass is 219 g/mol. The summed E-state index contributed by atoms with van der Waals surface area (Å²) in [7, 11) is -2.97. The van der Waals surface area contributed by atoms with Crippen molar-refractivity contribution >= 4 is 15.6 Å². The summed E-state index contributed by atoms with van der Waals surface area (Å²) in [5, 5.41) is 0. The molecule has 0 saturated carbocycles. The summed E-state index contributed by atoms with van der Waals surface area (Å²) < 4.78 is 21.5. The molecule has 0 aromatic heterocycles. The highest BCUT2D eigenvalue weighted by molar-refractivity contribution is 7.90. The molecule has 2 N–H and O–H groups in total. The van der Waals surface area contributed by atoms with Crippen molar-refractivity contribution in [2.75, 3.05) is 12.0 Å². The summed E-state index contributed by atoms with van der Waals surface area (Å²) in [6.07, 6.45) is 3.75. The second kappa shape index (κ2) is 5.93. The van der Waals surface area contributed by atoms with Gasteiger partial charge in [0.05, 0.1) is 11.8 Å². The van der Waals surface area contributed by atoms with Crippen LogP contribution in [0.25, 0.3) is 0 Å². The molecule has 82 valence electrons. The van der Waals surface area contributed by atoms with E-state index in [1.54, 1.807) is 6.08 Å². The molecule has 0 aliphatic heterocycles. The Morgan fingerprint density at radius 2 is 2.14 bits per heavy atom. The number of carbonyl (C=O) groups is 1. The maximum absolute atomic E-state index is 11.3. The first-order valence-corrected chi connectivity index (χ1v) is 6.50. The van der Waals surface area contributed by atoms with Gasteiger partial charge in [0.15, 0.2) is 0 Å². The molecule has 14 heavy (non-hydrogen) atoms. The number of ketones is 1. The molecule has 0 aromatic carbocycles. The first kappa shape index (κ1) is 13.3. The van der Waals surface area contributed by atoms with Gasteiger partial charge in [-0.15, -0.1) is 6.58 Å². The van der Waals surface area contributed by atoms with E-state index in [9.17, 15) is 13.2 Å². The van der Waals surface area contributed by atoms with Gasteiger partial charge in [0.2, 0.25) is 0 Å². The topological polar surface area (TPSA) is 77.2 Å². The standard InChI is InChI=1S/C9H17NO3S/c1-3-5-8(10)9(11)6-4-7-14(2,12)13/h3,8H,1,4-7,10H2,2H3. The highest BCUT2D eigenvalue weighted by atomic mass is 32.2. The summed E-state index contributed by atoms with van der Waals surface area (Å²) in [5.74, 6) is -0.0620. The minimum absolute atomic E-state index is 0.0412. The predicted molar refractivity (Wildman–Crippen MR) is 56.7 cm³/mol. The normalized spacial score (nSPS) is 13.6. The van der Waals surface area contributed by atoms with Crippen molar-refractivity contribution < 1.29 is 13.2 Å². The number of hydrogen-bond acceptors (Lipinski definition) is 4. The number of hydrogen-bond donors (Lipinski definition) is 1. The predicted octanol–water partition coefficient (Wildman–Crippen LogP) is 0.284. The minimum Gasteiger partial charge on any atom is -0.321 e. The molecule has 0 aliphatic carbocycles. The number of sulfone groups is 1. The van der Waals surface area contributed by atoms with Gasteiger partial charge in [0, 0.05) is 12.7 Å². The zero-order valence-electron chi connectivity index (χ0n) is 8.40. The lowest BCUT2D eigenvalue weighted by molar-refractivity contribution is -0.120. The Morgan fingerprint density at radius 1 is 1.57 bits per heavy atom. The van der Waals surface area contributed by atoms with Crippen LogP contribution in [-0.2, 0) is 14.6 Å². The molecule has 0 spiro atoms. The van der Waals surface area contributed by atoms with Crippen molar-refractivity contribution in [1.82, 2.24) is 0 Å². The Balaban J connectivity index is 3.80. The summed E-state index contributed by atoms with van der Waals surface area (Å²) in [6.45, 7) is 3.47. The lowest BCUT2D eigenvalue weighted by Gasteiger charge is -2.06. The van der Waals surface area contributed by atoms with Crippen LogP contribution >= 0.6 is 0 Å². The number of carbonyl (C=O) groups excluding carboxylic acids is 1. The second-order valence-electron chi connectivity index (χ2n) is 3.33. The van der Waals surface area contributed by atoms with E-state index in [1.807, 2.05) is 0 Å². The summed E-state index contributed by atoms with van der Waals surface area (Å²) in [5.41, 5.74) is 5.51. The van der Waals surface area contributed by atoms with Crippen molar-refractivity contribution in [3.05, 3.63) is 12.7 Å². The van der Waals surface area contributed by atoms with E-state index in [4.69, 9.17) is 5.73 Å². The van der Waals surface area contributed by atoms with Crippen molar-refractivity contribution in [2.24, 2.45) is 5.73 Å². The minimum atomic E-state index is -2.97. The largest absolute Gasteiger partial charge is 0.321 e. The van der Waals surface area contributed by atoms with Crippen LogP contribution in [0.5, 0.6) is 0 Å². The molecular weight excluding hydrogens is 202 g/mol. The Kier molecular flexibility index (Phi) is 5.64. The molecule has 0 bridgehead atoms. The van der Waals surface area contributed by atoms with Gasteiger partial charge in [-0.3, -0.25) is 4.79 Å². The maximum atomic E-state index is 11.3. The van der Waals surface area contributed by atoms with Crippen LogP contribution in [0.3, 0.4) is 0 Å². The molecule has 0 aliphatic rings. The molecule has 0 heterocycles. The second-order valence-corrected chi connectivity index (χ2v) is 5.59. The molecule has 0 rings (SSSR count). The Labute approximate surface area is 85.1 Å². The molecule has 0 fully saturated rings. The van der Waals surface area contributed by atoms with Crippen molar-refractivity contribution in [3.8, 4) is 0 Å². The van der Waals surface area contributed by atoms with Gasteiger partial charge in [-0.1, -0.05) is 6.08 Å². The molecular formula is C9H17NO3S. The number of nitrogens with two attached hydrogens (primary N) is 1. The van der Waals surface area contributed by atoms with E-state index in [0.29, 0.717) is 12.8 Å². The van der Waals surface area contributed by atoms with Crippen molar-refractivity contribution in [2.45, 2.75) is 25.3 Å². The molecule has 0 aromatic rings. The third-order valence-corrected chi connectivity index (χ3v) is 2.80. The summed E-state index contributed by atoms with van der Waals surface area (Å²) in [4.78, 5) is 11.3. The van der Waals surface area contributed by atoms with Crippen molar-refractivity contribution in [1.29, 1.82) is 0 Å². The Hall–Kier alpha value is -0.680. The lowest BCUT2D eigenvalue weighted by Crippen LogP contribution is -2.29. The van der Waals surface area contributed by atoms with E-state index in [-0.39, 0.29) is 18.0 Å². The first-order chi connectivity index (χ1) is 6.37. The molecule has 1 unspecified atom stereocenters. The average molecular weight is 219 g/mol. The molecule has 1 atom stereocenters. The van der Waals surface area contributed by atoms with Gasteiger partial charge < -0.3 is 5.73 Å². The van der Waals surface area contributed by atoms with Crippen LogP contribution in [-0.4, -0.2) is 32.3 Å². The zero-order valence-corrected chi connectivity index (χ0v) is 9.22. The Bertz CT molecular complexity index is 295. The SMILES string of the molecule is C=CCC(N)C(=O)CCCS(C)(=O)=O. The molecule has 0 saturated heterocycles. The van der Waals surface area contributed by atoms with Gasteiger partial charge >= 0.3 is 0 Å². The van der Waals surface area contributed by atoms with E-state index in [1.165, 1.54) is 0 Å². The lowest BCUT2D eigenvalue weighted by atomic mass is 10.1. The number of Topliss-reactive ketones (excluding diaryl/α,β-unsaturated/α-hetero) is 1. The van der Waals surface area contributed by atoms with Gasteiger partial charge in [-0.2, -0.15) is 0 Å². The summed E-state index contributed by atoms with van der Waals surface area (Å²) >= 11 is 0. The van der Waals surface area contributed by atoms with Crippen LogP contribution in [0, 0.1) is 0 Å². The van der Waals surface area contributed by atoms with Crippen LogP contribution < -0.4 is 5.73 Å². The summed E-state index contributed by atoms with van der Waals surface area (Å²) in [6, 6.07) is -0.535. The molecule has 5 heteroatoms. The fraction of sp³-hybridized carbons (Fsp3) is 0.667. The fourth-order valence-corrected chi connectivity index (χ4v) is 1.67. The van der Waals surface area contributed by atoms with Crippen LogP contribution in [0.4, 0.5) is 0 Å². The molecule has 4 nitrogen and oxygen atoms in total. The smallest absolute Gasteiger partial charge is 0.149 e. The van der Waals surface area contributed by atoms with Crippen LogP contribution in [0.1, 0.15) is 19.3 Å². The van der Waals surface area contributed by atoms with E-state index in [2.05, 4.69) is 6.58 Å². The van der Waals surface area contributed by atoms with Crippen LogP contribution in [0.15, 0.2) is 12.7 Å². The zero-order chi connectivity index (χ0) is 11.2. The highest BCUT2D eigenvalue weighted by Gasteiger charge is 2.12. The average Bonchev–Trinajstić information content (AvgIpc) is 2.02. The third-order valence-electron chi connectivity index (χ3n) is 1.77. The molecule has 0 radical (unpaired) electrons. The van der Waals surface area contributed by atoms with Crippen molar-refractivity contribution in [3.63, 3.8) is 0 Å². The first-order valence-electron chi connectivity index (χ1n) is 4.43. The van der Waals surface area contributed by atoms with Crippen LogP contribution in [0.2, 0.25) is 0 Å². The quantitative estimate of drug-likeness (QED) is 0.624. The van der Waals surface area contributed by atoms with E-state index >= 15 is 0 Å². The van der Waals surface area contributed by atoms with Gasteiger partial charge in [-0.05, 0) is 12.8 Å². The molecule has 0 amide bonds.